The zero-order chi connectivity index (χ0) is 19.6. The molecule has 7 heteroatoms. The molecule has 1 aliphatic rings. The maximum atomic E-state index is 5.14. The average molecular weight is 385 g/mol. The summed E-state index contributed by atoms with van der Waals surface area (Å²) in [6.45, 7) is 9.57. The molecule has 1 aliphatic heterocycles. The Morgan fingerprint density at radius 2 is 1.86 bits per heavy atom. The van der Waals surface area contributed by atoms with E-state index in [4.69, 9.17) is 4.52 Å². The highest BCUT2D eigenvalue weighted by Crippen LogP contribution is 2.14. The van der Waals surface area contributed by atoms with Crippen molar-refractivity contribution in [3.8, 4) is 0 Å². The van der Waals surface area contributed by atoms with E-state index in [1.165, 1.54) is 43.5 Å². The van der Waals surface area contributed by atoms with Crippen molar-refractivity contribution in [1.82, 2.24) is 25.7 Å². The summed E-state index contributed by atoms with van der Waals surface area (Å²) in [5.74, 6) is 2.11. The molecule has 0 saturated carbocycles. The largest absolute Gasteiger partial charge is 0.357 e. The Labute approximate surface area is 167 Å². The van der Waals surface area contributed by atoms with Gasteiger partial charge in [0.2, 0.25) is 5.89 Å². The van der Waals surface area contributed by atoms with Crippen LogP contribution in [0.15, 0.2) is 33.8 Å². The summed E-state index contributed by atoms with van der Waals surface area (Å²) in [4.78, 5) is 11.4. The van der Waals surface area contributed by atoms with Crippen molar-refractivity contribution in [2.75, 3.05) is 26.2 Å². The summed E-state index contributed by atoms with van der Waals surface area (Å²) in [7, 11) is 0. The van der Waals surface area contributed by atoms with Crippen molar-refractivity contribution in [3.05, 3.63) is 47.1 Å². The first-order chi connectivity index (χ1) is 13.7. The smallest absolute Gasteiger partial charge is 0.228 e. The van der Waals surface area contributed by atoms with Gasteiger partial charge in [-0.15, -0.1) is 0 Å². The summed E-state index contributed by atoms with van der Waals surface area (Å²) in [6.07, 6.45) is 4.72. The molecule has 2 aromatic rings. The van der Waals surface area contributed by atoms with Gasteiger partial charge in [-0.05, 0) is 50.9 Å². The van der Waals surface area contributed by atoms with Crippen LogP contribution in [0.25, 0.3) is 0 Å². The fourth-order valence-corrected chi connectivity index (χ4v) is 3.37. The number of aromatic nitrogens is 2. The summed E-state index contributed by atoms with van der Waals surface area (Å²) < 4.78 is 5.14. The van der Waals surface area contributed by atoms with Crippen LogP contribution < -0.4 is 10.6 Å². The molecule has 1 aromatic heterocycles. The number of aliphatic imine (C=N–C) groups is 1. The Bertz CT molecular complexity index is 734. The van der Waals surface area contributed by atoms with Crippen LogP contribution in [0.2, 0.25) is 0 Å². The van der Waals surface area contributed by atoms with Crippen LogP contribution in [0, 0.1) is 6.92 Å². The van der Waals surface area contributed by atoms with Gasteiger partial charge in [0.05, 0.1) is 6.54 Å². The number of piperidine rings is 1. The maximum Gasteiger partial charge on any atom is 0.228 e. The van der Waals surface area contributed by atoms with E-state index in [0.29, 0.717) is 31.2 Å². The fourth-order valence-electron chi connectivity index (χ4n) is 3.37. The van der Waals surface area contributed by atoms with Crippen LogP contribution in [0.1, 0.15) is 49.0 Å². The normalized spacial score (nSPS) is 15.6. The number of nitrogens with zero attached hydrogens (tertiary/aromatic N) is 4. The van der Waals surface area contributed by atoms with Gasteiger partial charge in [0.25, 0.3) is 0 Å². The first-order valence-corrected chi connectivity index (χ1v) is 10.3. The zero-order valence-electron chi connectivity index (χ0n) is 17.1. The zero-order valence-corrected chi connectivity index (χ0v) is 17.1. The van der Waals surface area contributed by atoms with E-state index in [1.54, 1.807) is 0 Å². The molecule has 2 heterocycles. The number of benzene rings is 1. The van der Waals surface area contributed by atoms with Gasteiger partial charge >= 0.3 is 0 Å². The summed E-state index contributed by atoms with van der Waals surface area (Å²) in [5, 5.41) is 10.4. The third-order valence-corrected chi connectivity index (χ3v) is 4.84. The highest BCUT2D eigenvalue weighted by molar-refractivity contribution is 5.79. The maximum absolute atomic E-state index is 5.14. The summed E-state index contributed by atoms with van der Waals surface area (Å²) in [6, 6.07) is 8.84. The number of likely N-dealkylation sites (tertiary alicyclic amines) is 1. The molecule has 0 atom stereocenters. The van der Waals surface area contributed by atoms with E-state index >= 15 is 0 Å². The van der Waals surface area contributed by atoms with Crippen LogP contribution in [0.5, 0.6) is 0 Å². The molecule has 28 heavy (non-hydrogen) atoms. The first kappa shape index (κ1) is 20.3. The van der Waals surface area contributed by atoms with E-state index in [0.717, 1.165) is 19.0 Å². The molecule has 1 fully saturated rings. The first-order valence-electron chi connectivity index (χ1n) is 10.3. The van der Waals surface area contributed by atoms with Gasteiger partial charge in [-0.3, -0.25) is 4.90 Å². The van der Waals surface area contributed by atoms with Crippen LogP contribution in [-0.2, 0) is 19.5 Å². The molecule has 0 bridgehead atoms. The number of aryl methyl sites for hydroxylation is 1. The number of hydrogen-bond acceptors (Lipinski definition) is 5. The van der Waals surface area contributed by atoms with E-state index < -0.39 is 0 Å². The molecule has 1 saturated heterocycles. The van der Waals surface area contributed by atoms with Gasteiger partial charge in [0, 0.05) is 26.1 Å². The monoisotopic (exact) mass is 384 g/mol. The van der Waals surface area contributed by atoms with E-state index in [2.05, 4.69) is 61.9 Å². The second-order valence-corrected chi connectivity index (χ2v) is 7.26. The van der Waals surface area contributed by atoms with E-state index in [9.17, 15) is 0 Å². The molecule has 152 valence electrons. The van der Waals surface area contributed by atoms with Crippen molar-refractivity contribution < 1.29 is 4.52 Å². The minimum atomic E-state index is 0.644. The van der Waals surface area contributed by atoms with Gasteiger partial charge in [0.1, 0.15) is 0 Å². The number of nitrogens with one attached hydrogen (secondary N) is 2. The Hall–Kier alpha value is -2.41. The lowest BCUT2D eigenvalue weighted by atomic mass is 10.1. The van der Waals surface area contributed by atoms with Gasteiger partial charge in [-0.25, -0.2) is 4.99 Å². The molecule has 0 amide bonds. The second kappa shape index (κ2) is 10.8. The highest BCUT2D eigenvalue weighted by atomic mass is 16.5. The minimum absolute atomic E-state index is 0.644. The molecule has 0 unspecified atom stereocenters. The third kappa shape index (κ3) is 6.64. The molecule has 0 radical (unpaired) electrons. The Morgan fingerprint density at radius 1 is 1.11 bits per heavy atom. The average Bonchev–Trinajstić information content (AvgIpc) is 3.13. The van der Waals surface area contributed by atoms with Crippen molar-refractivity contribution in [2.45, 2.75) is 52.6 Å². The van der Waals surface area contributed by atoms with Gasteiger partial charge in [-0.1, -0.05) is 35.8 Å². The van der Waals surface area contributed by atoms with Crippen molar-refractivity contribution >= 4 is 5.96 Å². The second-order valence-electron chi connectivity index (χ2n) is 7.26. The lowest BCUT2D eigenvalue weighted by Gasteiger charge is -2.26. The molecule has 3 rings (SSSR count). The van der Waals surface area contributed by atoms with Crippen LogP contribution in [0.3, 0.4) is 0 Å². The predicted molar refractivity (Wildman–Crippen MR) is 111 cm³/mol. The van der Waals surface area contributed by atoms with E-state index in [1.807, 2.05) is 6.92 Å². The molecule has 0 spiro atoms. The Balaban J connectivity index is 1.47. The highest BCUT2D eigenvalue weighted by Gasteiger charge is 2.10. The molecule has 1 aromatic carbocycles. The fraction of sp³-hybridized carbons (Fsp3) is 0.571. The topological polar surface area (TPSA) is 78.6 Å². The van der Waals surface area contributed by atoms with Crippen molar-refractivity contribution in [2.24, 2.45) is 4.99 Å². The SMILES string of the molecule is CCNC(=NCc1ccc(CN2CCCCC2)cc1)NCCc1nc(C)no1. The number of hydrogen-bond donors (Lipinski definition) is 2. The van der Waals surface area contributed by atoms with Gasteiger partial charge in [0.15, 0.2) is 11.8 Å². The predicted octanol–water partition coefficient (Wildman–Crippen LogP) is 2.66. The Morgan fingerprint density at radius 3 is 2.54 bits per heavy atom. The van der Waals surface area contributed by atoms with Crippen LogP contribution >= 0.6 is 0 Å². The molecule has 0 aliphatic carbocycles. The number of rotatable bonds is 8. The lowest BCUT2D eigenvalue weighted by molar-refractivity contribution is 0.221. The third-order valence-electron chi connectivity index (χ3n) is 4.84. The minimum Gasteiger partial charge on any atom is -0.357 e. The lowest BCUT2D eigenvalue weighted by Crippen LogP contribution is -2.38. The van der Waals surface area contributed by atoms with Crippen molar-refractivity contribution in [1.29, 1.82) is 0 Å². The molecule has 2 N–H and O–H groups in total. The quantitative estimate of drug-likeness (QED) is 0.538. The van der Waals surface area contributed by atoms with Gasteiger partial charge in [-0.2, -0.15) is 4.98 Å². The van der Waals surface area contributed by atoms with Crippen LogP contribution in [-0.4, -0.2) is 47.2 Å². The van der Waals surface area contributed by atoms with E-state index in [-0.39, 0.29) is 0 Å². The van der Waals surface area contributed by atoms with Crippen LogP contribution in [0.4, 0.5) is 0 Å². The molecule has 7 nitrogen and oxygen atoms in total. The van der Waals surface area contributed by atoms with Crippen molar-refractivity contribution in [3.63, 3.8) is 0 Å². The molecular weight excluding hydrogens is 352 g/mol. The summed E-state index contributed by atoms with van der Waals surface area (Å²) >= 11 is 0. The number of guanidine groups is 1. The Kier molecular flexibility index (Phi) is 7.84. The standard InChI is InChI=1S/C21H32N6O/c1-3-22-21(23-12-11-20-25-17(2)26-28-20)24-15-18-7-9-19(10-8-18)16-27-13-5-4-6-14-27/h7-10H,3-6,11-16H2,1-2H3,(H2,22,23,24). The summed E-state index contributed by atoms with van der Waals surface area (Å²) in [5.41, 5.74) is 2.60. The van der Waals surface area contributed by atoms with Gasteiger partial charge < -0.3 is 15.2 Å². The molecular formula is C21H32N6O.